The fraction of sp³-hybridized carbons (Fsp3) is 0.263. The number of nitrogens with two attached hydrogens (primary N) is 1. The van der Waals surface area contributed by atoms with Crippen molar-refractivity contribution in [2.45, 2.75) is 31.9 Å². The predicted octanol–water partition coefficient (Wildman–Crippen LogP) is 4.91. The van der Waals surface area contributed by atoms with Gasteiger partial charge < -0.3 is 10.3 Å². The Morgan fingerprint density at radius 3 is 2.39 bits per heavy atom. The van der Waals surface area contributed by atoms with Crippen LogP contribution in [-0.4, -0.2) is 19.3 Å². The van der Waals surface area contributed by atoms with Gasteiger partial charge in [-0.25, -0.2) is 0 Å². The highest BCUT2D eigenvalue weighted by Crippen LogP contribution is 2.45. The van der Waals surface area contributed by atoms with Crippen molar-refractivity contribution in [2.24, 2.45) is 0 Å². The SMILES string of the molecule is Cc1cc(C2CC2)c(-c2cc[c]cc2)cc1-n1nc(C(F)(F)F)nc1N.OS. The molecule has 0 unspecified atom stereocenters. The maximum atomic E-state index is 12.9. The van der Waals surface area contributed by atoms with Crippen molar-refractivity contribution >= 4 is 18.9 Å². The highest BCUT2D eigenvalue weighted by molar-refractivity contribution is 7.74. The standard InChI is InChI=1S/C19H16F3N4.H2OS/c1-11-9-14(13-7-8-13)15(12-5-3-2-4-6-12)10-16(11)26-18(23)24-17(25-26)19(20,21)22;1-2/h3-6,9-10,13H,7-8H2,1H3,(H2,23,24,25);1-2H. The lowest BCUT2D eigenvalue weighted by Crippen LogP contribution is -2.09. The number of aryl methyl sites for hydroxylation is 1. The average Bonchev–Trinajstić information content (AvgIpc) is 3.45. The number of aromatic nitrogens is 3. The molecule has 1 fully saturated rings. The smallest absolute Gasteiger partial charge is 0.368 e. The summed E-state index contributed by atoms with van der Waals surface area (Å²) in [6.07, 6.45) is -2.40. The van der Waals surface area contributed by atoms with Crippen LogP contribution in [0.3, 0.4) is 0 Å². The van der Waals surface area contributed by atoms with Crippen molar-refractivity contribution in [3.8, 4) is 16.8 Å². The number of thiol groups is 1. The molecule has 28 heavy (non-hydrogen) atoms. The first kappa shape index (κ1) is 20.2. The average molecular weight is 407 g/mol. The van der Waals surface area contributed by atoms with Crippen LogP contribution in [0.4, 0.5) is 19.1 Å². The van der Waals surface area contributed by atoms with Gasteiger partial charge >= 0.3 is 6.18 Å². The Morgan fingerprint density at radius 1 is 1.21 bits per heavy atom. The molecule has 147 valence electrons. The molecule has 3 aromatic rings. The molecule has 1 radical (unpaired) electrons. The molecule has 0 bridgehead atoms. The highest BCUT2D eigenvalue weighted by atomic mass is 32.1. The van der Waals surface area contributed by atoms with Crippen molar-refractivity contribution < 1.29 is 17.7 Å². The van der Waals surface area contributed by atoms with Crippen LogP contribution >= 0.6 is 12.9 Å². The highest BCUT2D eigenvalue weighted by Gasteiger charge is 2.37. The van der Waals surface area contributed by atoms with Crippen LogP contribution in [0.25, 0.3) is 16.8 Å². The van der Waals surface area contributed by atoms with Crippen LogP contribution in [0.1, 0.15) is 35.7 Å². The van der Waals surface area contributed by atoms with Gasteiger partial charge in [0.15, 0.2) is 0 Å². The fourth-order valence-corrected chi connectivity index (χ4v) is 3.12. The summed E-state index contributed by atoms with van der Waals surface area (Å²) in [6, 6.07) is 14.4. The van der Waals surface area contributed by atoms with Gasteiger partial charge in [0.05, 0.1) is 5.69 Å². The number of nitrogen functional groups attached to an aromatic ring is 1. The third-order valence-electron chi connectivity index (χ3n) is 4.53. The zero-order chi connectivity index (χ0) is 20.5. The molecule has 1 heterocycles. The maximum absolute atomic E-state index is 12.9. The number of hydrogen-bond donors (Lipinski definition) is 3. The van der Waals surface area contributed by atoms with E-state index >= 15 is 0 Å². The maximum Gasteiger partial charge on any atom is 0.453 e. The molecule has 2 aromatic carbocycles. The van der Waals surface area contributed by atoms with Gasteiger partial charge in [-0.15, -0.1) is 5.10 Å². The molecule has 0 amide bonds. The number of nitrogens with zero attached hydrogens (tertiary/aromatic N) is 3. The number of alkyl halides is 3. The number of halogens is 3. The molecule has 0 saturated heterocycles. The van der Waals surface area contributed by atoms with Crippen LogP contribution in [0.15, 0.2) is 36.4 Å². The second-order valence-corrected chi connectivity index (χ2v) is 6.49. The van der Waals surface area contributed by atoms with Gasteiger partial charge in [-0.1, -0.05) is 30.3 Å². The topological polar surface area (TPSA) is 77.0 Å². The van der Waals surface area contributed by atoms with Crippen molar-refractivity contribution in [3.05, 3.63) is 59.4 Å². The monoisotopic (exact) mass is 407 g/mol. The van der Waals surface area contributed by atoms with E-state index in [0.717, 1.165) is 34.2 Å². The first-order valence-electron chi connectivity index (χ1n) is 8.45. The number of hydrogen-bond acceptors (Lipinski definition) is 5. The van der Waals surface area contributed by atoms with E-state index in [0.29, 0.717) is 11.6 Å². The molecule has 4 rings (SSSR count). The largest absolute Gasteiger partial charge is 0.453 e. The summed E-state index contributed by atoms with van der Waals surface area (Å²) in [4.78, 5) is 3.37. The third kappa shape index (κ3) is 4.00. The normalized spacial score (nSPS) is 13.8. The summed E-state index contributed by atoms with van der Waals surface area (Å²) < 4.78 is 46.5. The molecule has 0 atom stereocenters. The summed E-state index contributed by atoms with van der Waals surface area (Å²) in [7, 11) is 0. The Hall–Kier alpha value is -2.52. The van der Waals surface area contributed by atoms with Gasteiger partial charge in [-0.05, 0) is 73.0 Å². The Balaban J connectivity index is 0.00000109. The first-order chi connectivity index (χ1) is 13.3. The van der Waals surface area contributed by atoms with Gasteiger partial charge in [0.2, 0.25) is 5.95 Å². The minimum atomic E-state index is -4.64. The Labute approximate surface area is 165 Å². The van der Waals surface area contributed by atoms with Crippen LogP contribution in [0.5, 0.6) is 0 Å². The van der Waals surface area contributed by atoms with E-state index < -0.39 is 12.0 Å². The van der Waals surface area contributed by atoms with Gasteiger partial charge in [0, 0.05) is 0 Å². The molecule has 1 aliphatic rings. The minimum absolute atomic E-state index is 0.285. The molecule has 3 N–H and O–H groups in total. The Kier molecular flexibility index (Phi) is 5.66. The lowest BCUT2D eigenvalue weighted by molar-refractivity contribution is -0.144. The first-order valence-corrected chi connectivity index (χ1v) is 8.85. The Morgan fingerprint density at radius 2 is 1.86 bits per heavy atom. The van der Waals surface area contributed by atoms with E-state index in [-0.39, 0.29) is 5.95 Å². The molecule has 0 spiro atoms. The van der Waals surface area contributed by atoms with Crippen molar-refractivity contribution in [1.29, 1.82) is 0 Å². The van der Waals surface area contributed by atoms with Gasteiger partial charge in [-0.2, -0.15) is 22.8 Å². The zero-order valence-electron chi connectivity index (χ0n) is 14.9. The van der Waals surface area contributed by atoms with Crippen molar-refractivity contribution in [2.75, 3.05) is 5.73 Å². The van der Waals surface area contributed by atoms with Crippen LogP contribution in [0.2, 0.25) is 0 Å². The number of anilines is 1. The minimum Gasteiger partial charge on any atom is -0.368 e. The van der Waals surface area contributed by atoms with Gasteiger partial charge in [0.25, 0.3) is 5.82 Å². The number of benzene rings is 2. The van der Waals surface area contributed by atoms with Crippen LogP contribution in [-0.2, 0) is 6.18 Å². The van der Waals surface area contributed by atoms with E-state index in [1.54, 1.807) is 0 Å². The van der Waals surface area contributed by atoms with Gasteiger partial charge in [-0.3, -0.25) is 0 Å². The molecule has 0 aliphatic heterocycles. The molecule has 1 aromatic heterocycles. The molecule has 9 heteroatoms. The Bertz CT molecular complexity index is 969. The predicted molar refractivity (Wildman–Crippen MR) is 103 cm³/mol. The van der Waals surface area contributed by atoms with Crippen molar-refractivity contribution in [1.82, 2.24) is 14.8 Å². The second kappa shape index (κ2) is 7.84. The van der Waals surface area contributed by atoms with Gasteiger partial charge in [0.1, 0.15) is 0 Å². The van der Waals surface area contributed by atoms with Crippen LogP contribution in [0, 0.1) is 13.0 Å². The van der Waals surface area contributed by atoms with E-state index in [9.17, 15) is 13.2 Å². The molecular formula is C19H18F3N4OS. The summed E-state index contributed by atoms with van der Waals surface area (Å²) in [5, 5.41) is 3.59. The van der Waals surface area contributed by atoms with E-state index in [2.05, 4.69) is 29.1 Å². The van der Waals surface area contributed by atoms with E-state index in [4.69, 9.17) is 10.3 Å². The van der Waals surface area contributed by atoms with E-state index in [1.807, 2.05) is 43.3 Å². The summed E-state index contributed by atoms with van der Waals surface area (Å²) in [6.45, 7) is 1.85. The number of rotatable bonds is 3. The molecule has 1 saturated carbocycles. The third-order valence-corrected chi connectivity index (χ3v) is 4.53. The second-order valence-electron chi connectivity index (χ2n) is 6.49. The quantitative estimate of drug-likeness (QED) is 0.426. The lowest BCUT2D eigenvalue weighted by atomic mass is 9.94. The fourth-order valence-electron chi connectivity index (χ4n) is 3.12. The van der Waals surface area contributed by atoms with Crippen molar-refractivity contribution in [3.63, 3.8) is 0 Å². The summed E-state index contributed by atoms with van der Waals surface area (Å²) in [5.41, 5.74) is 10.2. The zero-order valence-corrected chi connectivity index (χ0v) is 15.8. The molecule has 5 nitrogen and oxygen atoms in total. The lowest BCUT2D eigenvalue weighted by Gasteiger charge is -2.15. The summed E-state index contributed by atoms with van der Waals surface area (Å²) in [5.74, 6) is -1.04. The van der Waals surface area contributed by atoms with Crippen LogP contribution < -0.4 is 5.73 Å². The summed E-state index contributed by atoms with van der Waals surface area (Å²) >= 11 is 2.53. The van der Waals surface area contributed by atoms with E-state index in [1.165, 1.54) is 5.56 Å². The molecular weight excluding hydrogens is 389 g/mol. The molecule has 1 aliphatic carbocycles.